The number of methoxy groups -OCH3 is 1. The Morgan fingerprint density at radius 1 is 0.967 bits per heavy atom. The molecule has 30 heavy (non-hydrogen) atoms. The van der Waals surface area contributed by atoms with Gasteiger partial charge in [0.2, 0.25) is 5.91 Å². The fourth-order valence-corrected chi connectivity index (χ4v) is 4.25. The molecule has 0 unspecified atom stereocenters. The summed E-state index contributed by atoms with van der Waals surface area (Å²) in [4.78, 5) is 41.1. The van der Waals surface area contributed by atoms with Gasteiger partial charge in [-0.1, -0.05) is 42.1 Å². The second-order valence-electron chi connectivity index (χ2n) is 6.58. The molecule has 3 aromatic carbocycles. The lowest BCUT2D eigenvalue weighted by Crippen LogP contribution is -2.38. The molecule has 0 saturated heterocycles. The van der Waals surface area contributed by atoms with E-state index in [9.17, 15) is 14.4 Å². The van der Waals surface area contributed by atoms with Crippen molar-refractivity contribution in [3.63, 3.8) is 0 Å². The maximum atomic E-state index is 13.4. The molecule has 2 amide bonds. The van der Waals surface area contributed by atoms with Crippen LogP contribution in [0.1, 0.15) is 20.7 Å². The van der Waals surface area contributed by atoms with Crippen LogP contribution in [0.25, 0.3) is 0 Å². The number of ether oxygens (including phenoxy) is 1. The first-order chi connectivity index (χ1) is 14.6. The van der Waals surface area contributed by atoms with Crippen molar-refractivity contribution in [2.24, 2.45) is 0 Å². The minimum Gasteiger partial charge on any atom is -0.465 e. The van der Waals surface area contributed by atoms with Gasteiger partial charge >= 0.3 is 5.97 Å². The molecule has 150 valence electrons. The number of nitrogens with one attached hydrogen (secondary N) is 1. The maximum Gasteiger partial charge on any atom is 0.337 e. The number of anilines is 2. The number of esters is 1. The van der Waals surface area contributed by atoms with E-state index in [-0.39, 0.29) is 18.4 Å². The van der Waals surface area contributed by atoms with Gasteiger partial charge in [-0.05, 0) is 42.5 Å². The van der Waals surface area contributed by atoms with E-state index in [0.29, 0.717) is 22.5 Å². The molecule has 1 aliphatic rings. The molecule has 0 saturated carbocycles. The van der Waals surface area contributed by atoms with Gasteiger partial charge in [0.1, 0.15) is 6.54 Å². The number of nitrogens with zero attached hydrogens (tertiary/aromatic N) is 1. The summed E-state index contributed by atoms with van der Waals surface area (Å²) in [5, 5.41) is 2.80. The molecule has 0 aromatic heterocycles. The van der Waals surface area contributed by atoms with Crippen LogP contribution in [-0.2, 0) is 9.53 Å². The summed E-state index contributed by atoms with van der Waals surface area (Å²) in [6, 6.07) is 21.3. The third kappa shape index (κ3) is 3.92. The first kappa shape index (κ1) is 19.7. The quantitative estimate of drug-likeness (QED) is 0.642. The number of hydrogen-bond donors (Lipinski definition) is 1. The van der Waals surface area contributed by atoms with E-state index >= 15 is 0 Å². The van der Waals surface area contributed by atoms with Crippen molar-refractivity contribution < 1.29 is 19.1 Å². The minimum atomic E-state index is -0.509. The number of fused-ring (bicyclic) bond motifs is 2. The molecule has 1 N–H and O–H groups in total. The third-order valence-corrected chi connectivity index (χ3v) is 5.75. The number of benzene rings is 3. The fraction of sp³-hybridized carbons (Fsp3) is 0.0870. The van der Waals surface area contributed by atoms with Gasteiger partial charge < -0.3 is 10.1 Å². The van der Waals surface area contributed by atoms with Crippen molar-refractivity contribution in [1.82, 2.24) is 0 Å². The van der Waals surface area contributed by atoms with E-state index in [1.807, 2.05) is 30.3 Å². The van der Waals surface area contributed by atoms with E-state index in [1.54, 1.807) is 42.5 Å². The first-order valence-electron chi connectivity index (χ1n) is 9.23. The lowest BCUT2D eigenvalue weighted by Gasteiger charge is -2.23. The van der Waals surface area contributed by atoms with Gasteiger partial charge in [0, 0.05) is 15.5 Å². The minimum absolute atomic E-state index is 0.194. The van der Waals surface area contributed by atoms with Gasteiger partial charge in [-0.25, -0.2) is 4.79 Å². The standard InChI is InChI=1S/C23H18N2O4S/c1-29-23(28)15-11-12-20-18(13-15)25(14-21(26)24-16-7-3-2-4-8-16)22(27)17-9-5-6-10-19(17)30-20/h2-13H,14H2,1H3,(H,24,26). The highest BCUT2D eigenvalue weighted by Gasteiger charge is 2.29. The summed E-state index contributed by atoms with van der Waals surface area (Å²) < 4.78 is 4.81. The second kappa shape index (κ2) is 8.42. The number of hydrogen-bond acceptors (Lipinski definition) is 5. The molecular weight excluding hydrogens is 400 g/mol. The summed E-state index contributed by atoms with van der Waals surface area (Å²) in [6.45, 7) is -0.194. The van der Waals surface area contributed by atoms with Crippen molar-refractivity contribution in [2.45, 2.75) is 9.79 Å². The zero-order chi connectivity index (χ0) is 21.1. The van der Waals surface area contributed by atoms with Crippen molar-refractivity contribution in [1.29, 1.82) is 0 Å². The molecule has 1 aliphatic heterocycles. The Morgan fingerprint density at radius 2 is 1.70 bits per heavy atom. The lowest BCUT2D eigenvalue weighted by molar-refractivity contribution is -0.114. The topological polar surface area (TPSA) is 75.7 Å². The highest BCUT2D eigenvalue weighted by molar-refractivity contribution is 7.99. The maximum absolute atomic E-state index is 13.4. The summed E-state index contributed by atoms with van der Waals surface area (Å²) in [5.74, 6) is -1.15. The van der Waals surface area contributed by atoms with Crippen LogP contribution in [0.2, 0.25) is 0 Å². The Kier molecular flexibility index (Phi) is 5.54. The monoisotopic (exact) mass is 418 g/mol. The Labute approximate surface area is 177 Å². The van der Waals surface area contributed by atoms with Gasteiger partial charge in [-0.2, -0.15) is 0 Å². The summed E-state index contributed by atoms with van der Waals surface area (Å²) in [5.41, 5.74) is 1.95. The molecule has 4 rings (SSSR count). The Morgan fingerprint density at radius 3 is 2.47 bits per heavy atom. The fourth-order valence-electron chi connectivity index (χ4n) is 3.19. The first-order valence-corrected chi connectivity index (χ1v) is 10.0. The SMILES string of the molecule is COC(=O)c1ccc2c(c1)N(CC(=O)Nc1ccccc1)C(=O)c1ccccc1S2. The van der Waals surface area contributed by atoms with Gasteiger partial charge in [0.25, 0.3) is 5.91 Å². The predicted molar refractivity (Wildman–Crippen MR) is 115 cm³/mol. The van der Waals surface area contributed by atoms with E-state index < -0.39 is 5.97 Å². The molecule has 0 aliphatic carbocycles. The van der Waals surface area contributed by atoms with E-state index in [1.165, 1.54) is 23.8 Å². The van der Waals surface area contributed by atoms with E-state index in [0.717, 1.165) is 9.79 Å². The van der Waals surface area contributed by atoms with Crippen LogP contribution in [0.3, 0.4) is 0 Å². The summed E-state index contributed by atoms with van der Waals surface area (Å²) in [6.07, 6.45) is 0. The second-order valence-corrected chi connectivity index (χ2v) is 7.66. The van der Waals surface area contributed by atoms with Crippen molar-refractivity contribution in [2.75, 3.05) is 23.9 Å². The van der Waals surface area contributed by atoms with Gasteiger partial charge in [0.15, 0.2) is 0 Å². The molecule has 1 heterocycles. The zero-order valence-electron chi connectivity index (χ0n) is 16.1. The van der Waals surface area contributed by atoms with Crippen LogP contribution in [0.15, 0.2) is 82.6 Å². The zero-order valence-corrected chi connectivity index (χ0v) is 16.9. The molecule has 0 atom stereocenters. The van der Waals surface area contributed by atoms with Crippen LogP contribution < -0.4 is 10.2 Å². The average molecular weight is 418 g/mol. The third-order valence-electron chi connectivity index (χ3n) is 4.61. The number of carbonyl (C=O) groups excluding carboxylic acids is 3. The van der Waals surface area contributed by atoms with Crippen LogP contribution in [0.4, 0.5) is 11.4 Å². The van der Waals surface area contributed by atoms with Crippen molar-refractivity contribution in [3.05, 3.63) is 83.9 Å². The number of amides is 2. The average Bonchev–Trinajstić information content (AvgIpc) is 2.88. The van der Waals surface area contributed by atoms with Crippen LogP contribution >= 0.6 is 11.8 Å². The smallest absolute Gasteiger partial charge is 0.337 e. The highest BCUT2D eigenvalue weighted by Crippen LogP contribution is 2.41. The van der Waals surface area contributed by atoms with Gasteiger partial charge in [0.05, 0.1) is 23.9 Å². The largest absolute Gasteiger partial charge is 0.465 e. The molecular formula is C23H18N2O4S. The van der Waals surface area contributed by atoms with Crippen LogP contribution in [-0.4, -0.2) is 31.4 Å². The normalized spacial score (nSPS) is 12.4. The molecule has 3 aromatic rings. The molecule has 0 spiro atoms. The molecule has 0 radical (unpaired) electrons. The molecule has 7 heteroatoms. The highest BCUT2D eigenvalue weighted by atomic mass is 32.2. The molecule has 0 bridgehead atoms. The Hall–Kier alpha value is -3.58. The molecule has 6 nitrogen and oxygen atoms in total. The predicted octanol–water partition coefficient (Wildman–Crippen LogP) is 4.22. The Balaban J connectivity index is 1.74. The van der Waals surface area contributed by atoms with Gasteiger partial charge in [-0.3, -0.25) is 14.5 Å². The van der Waals surface area contributed by atoms with Crippen LogP contribution in [0.5, 0.6) is 0 Å². The summed E-state index contributed by atoms with van der Waals surface area (Å²) in [7, 11) is 1.30. The summed E-state index contributed by atoms with van der Waals surface area (Å²) >= 11 is 1.42. The van der Waals surface area contributed by atoms with Gasteiger partial charge in [-0.15, -0.1) is 0 Å². The van der Waals surface area contributed by atoms with Crippen molar-refractivity contribution in [3.8, 4) is 0 Å². The van der Waals surface area contributed by atoms with E-state index in [4.69, 9.17) is 4.74 Å². The lowest BCUT2D eigenvalue weighted by atomic mass is 10.1. The van der Waals surface area contributed by atoms with E-state index in [2.05, 4.69) is 5.32 Å². The number of para-hydroxylation sites is 1. The van der Waals surface area contributed by atoms with Crippen LogP contribution in [0, 0.1) is 0 Å². The number of rotatable bonds is 4. The molecule has 0 fully saturated rings. The van der Waals surface area contributed by atoms with Crippen molar-refractivity contribution >= 4 is 40.9 Å². The number of carbonyl (C=O) groups is 3. The Bertz CT molecular complexity index is 1130.